The van der Waals surface area contributed by atoms with Gasteiger partial charge >= 0.3 is 0 Å². The third kappa shape index (κ3) is 4.29. The van der Waals surface area contributed by atoms with E-state index in [1.165, 1.54) is 12.1 Å². The number of benzene rings is 2. The van der Waals surface area contributed by atoms with Crippen LogP contribution >= 0.6 is 11.6 Å². The number of anilines is 1. The van der Waals surface area contributed by atoms with Gasteiger partial charge in [-0.15, -0.1) is 0 Å². The van der Waals surface area contributed by atoms with Crippen molar-refractivity contribution in [2.75, 3.05) is 18.2 Å². The molecule has 2 aromatic rings. The number of amides is 1. The molecular formula is C15H13ClFNO3S. The fourth-order valence-corrected chi connectivity index (χ4v) is 2.88. The van der Waals surface area contributed by atoms with E-state index in [9.17, 15) is 13.4 Å². The Morgan fingerprint density at radius 1 is 1.27 bits per heavy atom. The number of carbonyl (C=O) groups excluding carboxylic acids is 1. The predicted molar refractivity (Wildman–Crippen MR) is 84.3 cm³/mol. The number of hydrogen-bond acceptors (Lipinski definition) is 3. The monoisotopic (exact) mass is 341 g/mol. The van der Waals surface area contributed by atoms with Crippen LogP contribution in [0.4, 0.5) is 10.1 Å². The van der Waals surface area contributed by atoms with Gasteiger partial charge in [-0.1, -0.05) is 11.6 Å². The summed E-state index contributed by atoms with van der Waals surface area (Å²) in [6.45, 7) is 0. The standard InChI is InChI=1S/C15H13ClFNO3S/c1-21-11-4-2-10(3-5-11)18-15(19)9-22(20)12-6-7-14(17)13(16)8-12/h2-8H,9H2,1H3,(H,18,19)/t22-/m0/s1. The smallest absolute Gasteiger partial charge is 0.237 e. The van der Waals surface area contributed by atoms with E-state index < -0.39 is 22.5 Å². The summed E-state index contributed by atoms with van der Waals surface area (Å²) in [4.78, 5) is 12.2. The first-order valence-corrected chi connectivity index (χ1v) is 7.96. The second-order valence-corrected chi connectivity index (χ2v) is 6.20. The Hall–Kier alpha value is -1.92. The summed E-state index contributed by atoms with van der Waals surface area (Å²) in [7, 11) is -0.0534. The third-order valence-electron chi connectivity index (χ3n) is 2.79. The highest BCUT2D eigenvalue weighted by molar-refractivity contribution is 7.85. The van der Waals surface area contributed by atoms with Gasteiger partial charge in [0.2, 0.25) is 5.91 Å². The van der Waals surface area contributed by atoms with E-state index >= 15 is 0 Å². The summed E-state index contributed by atoms with van der Waals surface area (Å²) in [5.74, 6) is -0.579. The van der Waals surface area contributed by atoms with Crippen molar-refractivity contribution in [2.24, 2.45) is 0 Å². The fourth-order valence-electron chi connectivity index (χ4n) is 1.69. The van der Waals surface area contributed by atoms with Gasteiger partial charge in [0.05, 0.1) is 22.9 Å². The SMILES string of the molecule is COc1ccc(NC(=O)C[S@](=O)c2ccc(F)c(Cl)c2)cc1. The van der Waals surface area contributed by atoms with E-state index in [1.54, 1.807) is 31.4 Å². The Morgan fingerprint density at radius 3 is 2.55 bits per heavy atom. The van der Waals surface area contributed by atoms with Gasteiger partial charge in [0.1, 0.15) is 17.3 Å². The Morgan fingerprint density at radius 2 is 1.95 bits per heavy atom. The second-order valence-electron chi connectivity index (χ2n) is 4.34. The van der Waals surface area contributed by atoms with Crippen LogP contribution < -0.4 is 10.1 Å². The summed E-state index contributed by atoms with van der Waals surface area (Å²) in [5, 5.41) is 2.50. The molecule has 2 rings (SSSR count). The van der Waals surface area contributed by atoms with Gasteiger partial charge in [-0.05, 0) is 42.5 Å². The number of rotatable bonds is 5. The Labute approximate surface area is 134 Å². The Kier molecular flexibility index (Phi) is 5.51. The van der Waals surface area contributed by atoms with E-state index in [0.717, 1.165) is 6.07 Å². The van der Waals surface area contributed by atoms with Crippen molar-refractivity contribution >= 4 is 34.0 Å². The minimum Gasteiger partial charge on any atom is -0.497 e. The van der Waals surface area contributed by atoms with Crippen LogP contribution in [0.5, 0.6) is 5.75 Å². The van der Waals surface area contributed by atoms with Crippen molar-refractivity contribution < 1.29 is 18.1 Å². The number of halogens is 2. The van der Waals surface area contributed by atoms with E-state index in [0.29, 0.717) is 16.3 Å². The second kappa shape index (κ2) is 7.38. The maximum atomic E-state index is 13.1. The normalized spacial score (nSPS) is 11.8. The molecule has 0 saturated carbocycles. The quantitative estimate of drug-likeness (QED) is 0.908. The van der Waals surface area contributed by atoms with E-state index in [-0.39, 0.29) is 10.8 Å². The lowest BCUT2D eigenvalue weighted by Gasteiger charge is -2.07. The highest BCUT2D eigenvalue weighted by Crippen LogP contribution is 2.19. The van der Waals surface area contributed by atoms with Crippen LogP contribution in [0.3, 0.4) is 0 Å². The van der Waals surface area contributed by atoms with Gasteiger partial charge in [0, 0.05) is 10.6 Å². The number of carbonyl (C=O) groups is 1. The van der Waals surface area contributed by atoms with Crippen LogP contribution in [0.25, 0.3) is 0 Å². The first-order chi connectivity index (χ1) is 10.5. The summed E-state index contributed by atoms with van der Waals surface area (Å²) < 4.78 is 30.1. The molecule has 0 bridgehead atoms. The lowest BCUT2D eigenvalue weighted by atomic mass is 10.3. The minimum atomic E-state index is -1.60. The molecular weight excluding hydrogens is 329 g/mol. The van der Waals surface area contributed by atoms with Gasteiger partial charge in [0.25, 0.3) is 0 Å². The molecule has 4 nitrogen and oxygen atoms in total. The zero-order chi connectivity index (χ0) is 16.1. The molecule has 0 aromatic heterocycles. The third-order valence-corrected chi connectivity index (χ3v) is 4.38. The van der Waals surface area contributed by atoms with Crippen molar-refractivity contribution in [3.8, 4) is 5.75 Å². The van der Waals surface area contributed by atoms with Gasteiger partial charge in [-0.2, -0.15) is 0 Å². The first kappa shape index (κ1) is 16.5. The van der Waals surface area contributed by atoms with Crippen molar-refractivity contribution in [1.82, 2.24) is 0 Å². The maximum Gasteiger partial charge on any atom is 0.237 e. The van der Waals surface area contributed by atoms with Gasteiger partial charge in [-0.3, -0.25) is 9.00 Å². The average molecular weight is 342 g/mol. The topological polar surface area (TPSA) is 55.4 Å². The van der Waals surface area contributed by atoms with E-state index in [1.807, 2.05) is 0 Å². The van der Waals surface area contributed by atoms with Crippen LogP contribution in [0, 0.1) is 5.82 Å². The Balaban J connectivity index is 1.98. The van der Waals surface area contributed by atoms with Crippen molar-refractivity contribution in [3.05, 3.63) is 53.3 Å². The van der Waals surface area contributed by atoms with Crippen LogP contribution in [0.15, 0.2) is 47.4 Å². The van der Waals surface area contributed by atoms with Gasteiger partial charge < -0.3 is 10.1 Å². The maximum absolute atomic E-state index is 13.1. The summed E-state index contributed by atoms with van der Waals surface area (Å²) >= 11 is 5.63. The molecule has 0 saturated heterocycles. The molecule has 116 valence electrons. The lowest BCUT2D eigenvalue weighted by Crippen LogP contribution is -2.19. The van der Waals surface area contributed by atoms with Crippen LogP contribution in [0.2, 0.25) is 5.02 Å². The zero-order valence-electron chi connectivity index (χ0n) is 11.6. The summed E-state index contributed by atoms with van der Waals surface area (Å²) in [6, 6.07) is 10.5. The lowest BCUT2D eigenvalue weighted by molar-refractivity contribution is -0.113. The minimum absolute atomic E-state index is 0.124. The predicted octanol–water partition coefficient (Wildman–Crippen LogP) is 3.23. The molecule has 0 aliphatic rings. The molecule has 0 radical (unpaired) electrons. The van der Waals surface area contributed by atoms with Crippen molar-refractivity contribution in [3.63, 3.8) is 0 Å². The van der Waals surface area contributed by atoms with Crippen LogP contribution in [-0.2, 0) is 15.6 Å². The fraction of sp³-hybridized carbons (Fsp3) is 0.133. The highest BCUT2D eigenvalue weighted by atomic mass is 35.5. The van der Waals surface area contributed by atoms with Crippen LogP contribution in [-0.4, -0.2) is 23.0 Å². The summed E-state index contributed by atoms with van der Waals surface area (Å²) in [6.07, 6.45) is 0. The molecule has 1 amide bonds. The molecule has 2 aromatic carbocycles. The van der Waals surface area contributed by atoms with Crippen LogP contribution in [0.1, 0.15) is 0 Å². The summed E-state index contributed by atoms with van der Waals surface area (Å²) in [5.41, 5.74) is 0.569. The molecule has 0 unspecified atom stereocenters. The molecule has 7 heteroatoms. The number of ether oxygens (including phenoxy) is 1. The number of nitrogens with one attached hydrogen (secondary N) is 1. The largest absolute Gasteiger partial charge is 0.497 e. The number of methoxy groups -OCH3 is 1. The highest BCUT2D eigenvalue weighted by Gasteiger charge is 2.12. The molecule has 0 spiro atoms. The number of hydrogen-bond donors (Lipinski definition) is 1. The Bertz CT molecular complexity index is 706. The molecule has 0 aliphatic heterocycles. The molecule has 0 fully saturated rings. The van der Waals surface area contributed by atoms with Gasteiger partial charge in [-0.25, -0.2) is 4.39 Å². The first-order valence-electron chi connectivity index (χ1n) is 6.27. The van der Waals surface area contributed by atoms with Gasteiger partial charge in [0.15, 0.2) is 0 Å². The van der Waals surface area contributed by atoms with E-state index in [4.69, 9.17) is 16.3 Å². The molecule has 22 heavy (non-hydrogen) atoms. The molecule has 1 atom stereocenters. The molecule has 0 aliphatic carbocycles. The van der Waals surface area contributed by atoms with E-state index in [2.05, 4.69) is 5.32 Å². The average Bonchev–Trinajstić information content (AvgIpc) is 2.50. The zero-order valence-corrected chi connectivity index (χ0v) is 13.2. The molecule has 1 N–H and O–H groups in total. The van der Waals surface area contributed by atoms with Crippen molar-refractivity contribution in [2.45, 2.75) is 4.90 Å². The molecule has 0 heterocycles. The van der Waals surface area contributed by atoms with Crippen molar-refractivity contribution in [1.29, 1.82) is 0 Å².